The summed E-state index contributed by atoms with van der Waals surface area (Å²) >= 11 is 1.90. The van der Waals surface area contributed by atoms with Gasteiger partial charge in [-0.2, -0.15) is 12.7 Å². The molecular weight excluding hydrogens is 510 g/mol. The summed E-state index contributed by atoms with van der Waals surface area (Å²) < 4.78 is 71.3. The highest BCUT2D eigenvalue weighted by Crippen LogP contribution is 2.33. The normalized spacial score (nSPS) is 17.7. The maximum absolute atomic E-state index is 14.4. The van der Waals surface area contributed by atoms with Crippen LogP contribution in [0.1, 0.15) is 6.42 Å². The summed E-state index contributed by atoms with van der Waals surface area (Å²) in [5.74, 6) is -3.43. The molecule has 0 amide bonds. The van der Waals surface area contributed by atoms with E-state index in [1.165, 1.54) is 12.1 Å². The maximum atomic E-state index is 14.4. The van der Waals surface area contributed by atoms with Crippen molar-refractivity contribution in [3.63, 3.8) is 0 Å². The first-order valence-corrected chi connectivity index (χ1v) is 10.8. The van der Waals surface area contributed by atoms with Crippen molar-refractivity contribution in [3.05, 3.63) is 51.4 Å². The van der Waals surface area contributed by atoms with Crippen LogP contribution in [0.4, 0.5) is 30.2 Å². The van der Waals surface area contributed by atoms with Gasteiger partial charge in [0.25, 0.3) is 0 Å². The summed E-state index contributed by atoms with van der Waals surface area (Å²) in [6.45, 7) is 0.166. The molecule has 28 heavy (non-hydrogen) atoms. The maximum Gasteiger partial charge on any atom is 0.301 e. The van der Waals surface area contributed by atoms with E-state index in [4.69, 9.17) is 0 Å². The molecular formula is C17H17F3IN3O3S. The predicted molar refractivity (Wildman–Crippen MR) is 108 cm³/mol. The number of halogens is 4. The molecule has 1 atom stereocenters. The van der Waals surface area contributed by atoms with Crippen molar-refractivity contribution in [2.45, 2.75) is 6.42 Å². The molecule has 0 saturated carbocycles. The number of hydrogen-bond acceptors (Lipinski definition) is 4. The zero-order valence-corrected chi connectivity index (χ0v) is 17.4. The first kappa shape index (κ1) is 21.1. The Morgan fingerprint density at radius 2 is 1.86 bits per heavy atom. The Labute approximate surface area is 174 Å². The molecule has 0 radical (unpaired) electrons. The molecule has 2 aromatic carbocycles. The molecule has 0 aliphatic carbocycles. The fourth-order valence-corrected chi connectivity index (χ4v) is 4.63. The highest BCUT2D eigenvalue weighted by atomic mass is 127. The second kappa shape index (κ2) is 8.43. The quantitative estimate of drug-likeness (QED) is 0.504. The van der Waals surface area contributed by atoms with E-state index in [0.29, 0.717) is 9.99 Å². The largest absolute Gasteiger partial charge is 0.396 e. The van der Waals surface area contributed by atoms with E-state index >= 15 is 0 Å². The average molecular weight is 527 g/mol. The minimum absolute atomic E-state index is 0.115. The Bertz CT molecular complexity index is 991. The average Bonchev–Trinajstić information content (AvgIpc) is 3.13. The van der Waals surface area contributed by atoms with Gasteiger partial charge in [-0.15, -0.1) is 0 Å². The number of anilines is 3. The summed E-state index contributed by atoms with van der Waals surface area (Å²) in [6, 6.07) is 5.94. The van der Waals surface area contributed by atoms with Crippen LogP contribution in [-0.2, 0) is 10.2 Å². The van der Waals surface area contributed by atoms with E-state index in [9.17, 15) is 26.7 Å². The third-order valence-electron chi connectivity index (χ3n) is 4.37. The lowest BCUT2D eigenvalue weighted by molar-refractivity contribution is 0.233. The van der Waals surface area contributed by atoms with Crippen LogP contribution in [0.2, 0.25) is 0 Å². The van der Waals surface area contributed by atoms with Gasteiger partial charge in [-0.05, 0) is 65.3 Å². The summed E-state index contributed by atoms with van der Waals surface area (Å²) in [5.41, 5.74) is -0.919. The molecule has 2 aromatic rings. The molecule has 3 N–H and O–H groups in total. The van der Waals surface area contributed by atoms with Crippen LogP contribution in [-0.4, -0.2) is 37.5 Å². The minimum Gasteiger partial charge on any atom is -0.396 e. The summed E-state index contributed by atoms with van der Waals surface area (Å²) in [6.07, 6.45) is 0.494. The van der Waals surface area contributed by atoms with E-state index in [0.717, 1.165) is 16.4 Å². The third kappa shape index (κ3) is 4.53. The smallest absolute Gasteiger partial charge is 0.301 e. The Hall–Kier alpha value is -1.57. The summed E-state index contributed by atoms with van der Waals surface area (Å²) in [4.78, 5) is 0. The Morgan fingerprint density at radius 1 is 1.14 bits per heavy atom. The van der Waals surface area contributed by atoms with Gasteiger partial charge in [-0.1, -0.05) is 0 Å². The lowest BCUT2D eigenvalue weighted by Crippen LogP contribution is -2.34. The molecule has 0 aromatic heterocycles. The second-order valence-corrected chi connectivity index (χ2v) is 9.25. The molecule has 152 valence electrons. The Balaban J connectivity index is 1.92. The van der Waals surface area contributed by atoms with Crippen molar-refractivity contribution in [1.29, 1.82) is 0 Å². The van der Waals surface area contributed by atoms with Crippen LogP contribution in [0.3, 0.4) is 0 Å². The number of aliphatic hydroxyl groups excluding tert-OH is 1. The van der Waals surface area contributed by atoms with Crippen LogP contribution < -0.4 is 10.0 Å². The van der Waals surface area contributed by atoms with Crippen molar-refractivity contribution in [2.24, 2.45) is 5.92 Å². The highest BCUT2D eigenvalue weighted by Gasteiger charge is 2.32. The van der Waals surface area contributed by atoms with Gasteiger partial charge in [0.05, 0.1) is 11.4 Å². The number of nitrogens with one attached hydrogen (secondary N) is 2. The zero-order valence-electron chi connectivity index (χ0n) is 14.4. The van der Waals surface area contributed by atoms with Crippen LogP contribution in [0.5, 0.6) is 0 Å². The van der Waals surface area contributed by atoms with E-state index in [2.05, 4.69) is 10.0 Å². The van der Waals surface area contributed by atoms with Gasteiger partial charge in [0.15, 0.2) is 11.6 Å². The SMILES string of the molecule is O=S(=O)(Nc1ccc(F)c(F)c1Nc1ccc(I)cc1F)N1CCC(CO)C1. The fourth-order valence-electron chi connectivity index (χ4n) is 2.85. The first-order chi connectivity index (χ1) is 13.2. The van der Waals surface area contributed by atoms with Gasteiger partial charge in [-0.3, -0.25) is 4.72 Å². The molecule has 1 saturated heterocycles. The molecule has 1 unspecified atom stereocenters. The van der Waals surface area contributed by atoms with E-state index in [1.807, 2.05) is 22.6 Å². The second-order valence-electron chi connectivity index (χ2n) is 6.34. The zero-order chi connectivity index (χ0) is 20.5. The van der Waals surface area contributed by atoms with Crippen LogP contribution in [0, 0.1) is 26.9 Å². The van der Waals surface area contributed by atoms with E-state index in [-0.39, 0.29) is 37.0 Å². The molecule has 1 aliphatic heterocycles. The van der Waals surface area contributed by atoms with Gasteiger partial charge in [0.2, 0.25) is 0 Å². The topological polar surface area (TPSA) is 81.7 Å². The predicted octanol–water partition coefficient (Wildman–Crippen LogP) is 3.42. The third-order valence-corrected chi connectivity index (χ3v) is 6.53. The van der Waals surface area contributed by atoms with E-state index in [1.54, 1.807) is 6.07 Å². The number of benzene rings is 2. The monoisotopic (exact) mass is 527 g/mol. The number of aliphatic hydroxyl groups is 1. The van der Waals surface area contributed by atoms with Crippen molar-refractivity contribution in [1.82, 2.24) is 4.31 Å². The molecule has 0 spiro atoms. The van der Waals surface area contributed by atoms with Gasteiger partial charge in [0, 0.05) is 23.3 Å². The van der Waals surface area contributed by atoms with E-state index < -0.39 is 33.3 Å². The number of nitrogens with zero attached hydrogens (tertiary/aromatic N) is 1. The lowest BCUT2D eigenvalue weighted by atomic mass is 10.1. The van der Waals surface area contributed by atoms with Crippen molar-refractivity contribution < 1.29 is 26.7 Å². The fraction of sp³-hybridized carbons (Fsp3) is 0.294. The summed E-state index contributed by atoms with van der Waals surface area (Å²) in [5, 5.41) is 11.6. The molecule has 1 heterocycles. The van der Waals surface area contributed by atoms with Crippen molar-refractivity contribution >= 4 is 49.9 Å². The Kier molecular flexibility index (Phi) is 6.37. The van der Waals surface area contributed by atoms with Crippen LogP contribution >= 0.6 is 22.6 Å². The Morgan fingerprint density at radius 3 is 2.50 bits per heavy atom. The standard InChI is InChI=1S/C17H17F3IN3O3S/c18-12-2-4-15(23-28(26,27)24-6-5-10(8-24)9-25)17(16(12)20)22-14-3-1-11(21)7-13(14)19/h1-4,7,10,22-23,25H,5-6,8-9H2. The molecule has 1 aliphatic rings. The van der Waals surface area contributed by atoms with Crippen LogP contribution in [0.15, 0.2) is 30.3 Å². The number of hydrogen-bond donors (Lipinski definition) is 3. The summed E-state index contributed by atoms with van der Waals surface area (Å²) in [7, 11) is -4.07. The molecule has 11 heteroatoms. The number of rotatable bonds is 6. The van der Waals surface area contributed by atoms with Gasteiger partial charge < -0.3 is 10.4 Å². The molecule has 6 nitrogen and oxygen atoms in total. The first-order valence-electron chi connectivity index (χ1n) is 8.30. The van der Waals surface area contributed by atoms with Crippen LogP contribution in [0.25, 0.3) is 0 Å². The molecule has 1 fully saturated rings. The van der Waals surface area contributed by atoms with Crippen molar-refractivity contribution in [2.75, 3.05) is 29.7 Å². The lowest BCUT2D eigenvalue weighted by Gasteiger charge is -2.20. The van der Waals surface area contributed by atoms with Gasteiger partial charge in [-0.25, -0.2) is 13.2 Å². The highest BCUT2D eigenvalue weighted by molar-refractivity contribution is 14.1. The molecule has 0 bridgehead atoms. The molecule has 3 rings (SSSR count). The van der Waals surface area contributed by atoms with Gasteiger partial charge in [0.1, 0.15) is 11.5 Å². The minimum atomic E-state index is -4.07. The van der Waals surface area contributed by atoms with Crippen molar-refractivity contribution in [3.8, 4) is 0 Å². The van der Waals surface area contributed by atoms with Gasteiger partial charge >= 0.3 is 10.2 Å².